The Labute approximate surface area is 178 Å². The molecule has 146 valence electrons. The molecular formula is C19H15BrCl3F3O. The number of alkyl halides is 3. The molecule has 0 aromatic heterocycles. The van der Waals surface area contributed by atoms with Crippen molar-refractivity contribution < 1.29 is 18.3 Å². The molecule has 0 amide bonds. The summed E-state index contributed by atoms with van der Waals surface area (Å²) in [5.74, 6) is -1.88. The second kappa shape index (κ2) is 9.66. The van der Waals surface area contributed by atoms with Crippen LogP contribution in [0.4, 0.5) is 13.2 Å². The van der Waals surface area contributed by atoms with Crippen molar-refractivity contribution in [3.63, 3.8) is 0 Å². The number of allylic oxidation sites excluding steroid dienone is 1. The molecule has 8 heteroatoms. The van der Waals surface area contributed by atoms with E-state index in [0.29, 0.717) is 18.4 Å². The number of aliphatic hydroxyl groups is 1. The Hall–Kier alpha value is -0.720. The summed E-state index contributed by atoms with van der Waals surface area (Å²) in [5, 5.41) is 8.86. The van der Waals surface area contributed by atoms with Gasteiger partial charge in [-0.05, 0) is 47.7 Å². The molecule has 0 saturated heterocycles. The first-order valence-electron chi connectivity index (χ1n) is 7.92. The number of aliphatic hydroxyl groups excluding tert-OH is 1. The van der Waals surface area contributed by atoms with Crippen LogP contribution in [-0.4, -0.2) is 17.9 Å². The van der Waals surface area contributed by atoms with Crippen LogP contribution in [0.25, 0.3) is 6.08 Å². The normalized spacial score (nSPS) is 13.3. The summed E-state index contributed by atoms with van der Waals surface area (Å²) in [4.78, 5) is 0. The van der Waals surface area contributed by atoms with E-state index in [1.165, 1.54) is 18.2 Å². The SMILES string of the molecule is OCCCc1ccc(/C=C\C(c2cc(Cl)c(Cl)c(Cl)c2)C(F)(F)F)cc1Br. The Balaban J connectivity index is 2.33. The highest BCUT2D eigenvalue weighted by atomic mass is 79.9. The van der Waals surface area contributed by atoms with E-state index in [2.05, 4.69) is 15.9 Å². The summed E-state index contributed by atoms with van der Waals surface area (Å²) >= 11 is 21.0. The van der Waals surface area contributed by atoms with Gasteiger partial charge in [0, 0.05) is 11.1 Å². The third kappa shape index (κ3) is 6.13. The molecule has 0 aliphatic carbocycles. The van der Waals surface area contributed by atoms with E-state index in [1.807, 2.05) is 6.07 Å². The van der Waals surface area contributed by atoms with Crippen molar-refractivity contribution in [1.29, 1.82) is 0 Å². The first-order chi connectivity index (χ1) is 12.6. The summed E-state index contributed by atoms with van der Waals surface area (Å²) in [7, 11) is 0. The van der Waals surface area contributed by atoms with Crippen LogP contribution in [0.1, 0.15) is 29.0 Å². The molecule has 0 aliphatic heterocycles. The van der Waals surface area contributed by atoms with E-state index < -0.39 is 12.1 Å². The fourth-order valence-corrected chi connectivity index (χ4v) is 3.72. The summed E-state index contributed by atoms with van der Waals surface area (Å²) in [6.07, 6.45) is -0.772. The van der Waals surface area contributed by atoms with Crippen molar-refractivity contribution in [3.8, 4) is 0 Å². The van der Waals surface area contributed by atoms with Crippen LogP contribution in [0.5, 0.6) is 0 Å². The molecule has 2 aromatic carbocycles. The maximum absolute atomic E-state index is 13.6. The first-order valence-corrected chi connectivity index (χ1v) is 9.84. The zero-order valence-corrected chi connectivity index (χ0v) is 17.7. The molecule has 1 nitrogen and oxygen atoms in total. The van der Waals surface area contributed by atoms with Gasteiger partial charge in [-0.25, -0.2) is 0 Å². The zero-order valence-electron chi connectivity index (χ0n) is 13.8. The van der Waals surface area contributed by atoms with E-state index in [1.54, 1.807) is 12.1 Å². The topological polar surface area (TPSA) is 20.2 Å². The van der Waals surface area contributed by atoms with Gasteiger partial charge < -0.3 is 5.11 Å². The van der Waals surface area contributed by atoms with Gasteiger partial charge in [0.25, 0.3) is 0 Å². The van der Waals surface area contributed by atoms with E-state index in [0.717, 1.165) is 16.1 Å². The van der Waals surface area contributed by atoms with Gasteiger partial charge in [-0.15, -0.1) is 0 Å². The minimum absolute atomic E-state index is 0.0226. The summed E-state index contributed by atoms with van der Waals surface area (Å²) in [6, 6.07) is 7.62. The molecule has 0 spiro atoms. The number of aryl methyl sites for hydroxylation is 1. The molecule has 0 radical (unpaired) electrons. The molecule has 1 unspecified atom stereocenters. The minimum Gasteiger partial charge on any atom is -0.396 e. The van der Waals surface area contributed by atoms with Crippen LogP contribution in [0, 0.1) is 0 Å². The second-order valence-electron chi connectivity index (χ2n) is 5.85. The zero-order chi connectivity index (χ0) is 20.2. The molecular weight excluding hydrogens is 487 g/mol. The largest absolute Gasteiger partial charge is 0.399 e. The molecule has 1 N–H and O–H groups in total. The van der Waals surface area contributed by atoms with Crippen molar-refractivity contribution in [1.82, 2.24) is 0 Å². The predicted molar refractivity (Wildman–Crippen MR) is 109 cm³/mol. The number of rotatable bonds is 6. The fourth-order valence-electron chi connectivity index (χ4n) is 2.51. The van der Waals surface area contributed by atoms with Crippen molar-refractivity contribution in [2.45, 2.75) is 24.9 Å². The lowest BCUT2D eigenvalue weighted by atomic mass is 9.97. The van der Waals surface area contributed by atoms with Gasteiger partial charge >= 0.3 is 6.18 Å². The Morgan fingerprint density at radius 3 is 2.22 bits per heavy atom. The highest BCUT2D eigenvalue weighted by molar-refractivity contribution is 9.10. The van der Waals surface area contributed by atoms with Crippen molar-refractivity contribution in [2.24, 2.45) is 0 Å². The lowest BCUT2D eigenvalue weighted by Gasteiger charge is -2.18. The van der Waals surface area contributed by atoms with Crippen LogP contribution < -0.4 is 0 Å². The molecule has 2 aromatic rings. The van der Waals surface area contributed by atoms with Gasteiger partial charge in [-0.2, -0.15) is 13.2 Å². The van der Waals surface area contributed by atoms with Gasteiger partial charge in [-0.1, -0.05) is 75.0 Å². The highest BCUT2D eigenvalue weighted by Gasteiger charge is 2.39. The maximum atomic E-state index is 13.6. The summed E-state index contributed by atoms with van der Waals surface area (Å²) in [6.45, 7) is 0.0770. The quantitative estimate of drug-likeness (QED) is 0.402. The fraction of sp³-hybridized carbons (Fsp3) is 0.263. The van der Waals surface area contributed by atoms with Crippen molar-refractivity contribution in [3.05, 3.63) is 72.6 Å². The third-order valence-corrected chi connectivity index (χ3v) is 5.82. The Bertz CT molecular complexity index is 814. The second-order valence-corrected chi connectivity index (χ2v) is 7.90. The Morgan fingerprint density at radius 2 is 1.70 bits per heavy atom. The molecule has 1 atom stereocenters. The lowest BCUT2D eigenvalue weighted by molar-refractivity contribution is -0.139. The molecule has 27 heavy (non-hydrogen) atoms. The van der Waals surface area contributed by atoms with Crippen molar-refractivity contribution >= 4 is 56.8 Å². The van der Waals surface area contributed by atoms with Gasteiger partial charge in [0.2, 0.25) is 0 Å². The van der Waals surface area contributed by atoms with Crippen LogP contribution >= 0.6 is 50.7 Å². The van der Waals surface area contributed by atoms with E-state index in [9.17, 15) is 13.2 Å². The van der Waals surface area contributed by atoms with E-state index >= 15 is 0 Å². The van der Waals surface area contributed by atoms with E-state index in [-0.39, 0.29) is 27.2 Å². The number of halogens is 7. The Morgan fingerprint density at radius 1 is 1.07 bits per heavy atom. The monoisotopic (exact) mass is 500 g/mol. The van der Waals surface area contributed by atoms with Crippen LogP contribution in [0.15, 0.2) is 40.9 Å². The smallest absolute Gasteiger partial charge is 0.396 e. The minimum atomic E-state index is -4.52. The molecule has 0 saturated carbocycles. The average molecular weight is 503 g/mol. The number of hydrogen-bond acceptors (Lipinski definition) is 1. The summed E-state index contributed by atoms with van der Waals surface area (Å²) < 4.78 is 41.4. The molecule has 2 rings (SSSR count). The molecule has 0 heterocycles. The maximum Gasteiger partial charge on any atom is 0.399 e. The van der Waals surface area contributed by atoms with Gasteiger partial charge in [0.1, 0.15) is 0 Å². The molecule has 0 bridgehead atoms. The van der Waals surface area contributed by atoms with Crippen LogP contribution in [0.2, 0.25) is 15.1 Å². The Kier molecular flexibility index (Phi) is 8.07. The third-order valence-electron chi connectivity index (χ3n) is 3.88. The predicted octanol–water partition coefficient (Wildman–Crippen LogP) is 7.69. The van der Waals surface area contributed by atoms with Gasteiger partial charge in [0.05, 0.1) is 21.0 Å². The van der Waals surface area contributed by atoms with Crippen LogP contribution in [-0.2, 0) is 6.42 Å². The number of hydrogen-bond donors (Lipinski definition) is 1. The van der Waals surface area contributed by atoms with Crippen molar-refractivity contribution in [2.75, 3.05) is 6.61 Å². The highest BCUT2D eigenvalue weighted by Crippen LogP contribution is 2.41. The standard InChI is InChI=1S/C19H15BrCl3F3O/c20-15-8-11(3-5-12(15)2-1-7-27)4-6-14(19(24,25)26)13-9-16(21)18(23)17(22)10-13/h3-6,8-10,14,27H,1-2,7H2/b6-4-. The van der Waals surface area contributed by atoms with Crippen LogP contribution in [0.3, 0.4) is 0 Å². The molecule has 0 aliphatic rings. The lowest BCUT2D eigenvalue weighted by Crippen LogP contribution is -2.19. The van der Waals surface area contributed by atoms with Gasteiger partial charge in [-0.3, -0.25) is 0 Å². The summed E-state index contributed by atoms with van der Waals surface area (Å²) in [5.41, 5.74) is 1.50. The molecule has 0 fully saturated rings. The first kappa shape index (κ1) is 22.6. The number of benzene rings is 2. The van der Waals surface area contributed by atoms with E-state index in [4.69, 9.17) is 39.9 Å². The van der Waals surface area contributed by atoms with Gasteiger partial charge in [0.15, 0.2) is 0 Å². The average Bonchev–Trinajstić information content (AvgIpc) is 2.58.